The van der Waals surface area contributed by atoms with Gasteiger partial charge >= 0.3 is 0 Å². The van der Waals surface area contributed by atoms with Crippen molar-refractivity contribution in [3.63, 3.8) is 0 Å². The second-order valence-electron chi connectivity index (χ2n) is 9.94. The van der Waals surface area contributed by atoms with Gasteiger partial charge in [0.25, 0.3) is 0 Å². The lowest BCUT2D eigenvalue weighted by Gasteiger charge is -2.58. The maximum Gasteiger partial charge on any atom is 0.189 e. The van der Waals surface area contributed by atoms with E-state index in [2.05, 4.69) is 61.2 Å². The van der Waals surface area contributed by atoms with E-state index in [1.807, 2.05) is 0 Å². The third-order valence-corrected chi connectivity index (χ3v) is 9.01. The summed E-state index contributed by atoms with van der Waals surface area (Å²) in [4.78, 5) is 0. The maximum atomic E-state index is 11.3. The summed E-state index contributed by atoms with van der Waals surface area (Å²) in [6, 6.07) is 6.30. The van der Waals surface area contributed by atoms with Crippen LogP contribution in [0, 0.1) is 28.6 Å². The fourth-order valence-corrected chi connectivity index (χ4v) is 7.56. The summed E-state index contributed by atoms with van der Waals surface area (Å²) in [7, 11) is 0. The summed E-state index contributed by atoms with van der Waals surface area (Å²) in [6.07, 6.45) is 15.7. The van der Waals surface area contributed by atoms with Gasteiger partial charge in [0.15, 0.2) is 18.1 Å². The molecule has 2 saturated carbocycles. The second-order valence-corrected chi connectivity index (χ2v) is 9.94. The zero-order valence-electron chi connectivity index (χ0n) is 17.2. The van der Waals surface area contributed by atoms with Gasteiger partial charge in [-0.05, 0) is 74.2 Å². The lowest BCUT2D eigenvalue weighted by Crippen LogP contribution is -2.56. The zero-order valence-corrected chi connectivity index (χ0v) is 17.2. The Labute approximate surface area is 168 Å². The third kappa shape index (κ3) is 2.45. The molecule has 28 heavy (non-hydrogen) atoms. The highest BCUT2D eigenvalue weighted by molar-refractivity contribution is 5.49. The number of pyridine rings is 1. The Kier molecular flexibility index (Phi) is 4.33. The van der Waals surface area contributed by atoms with Crippen molar-refractivity contribution in [2.75, 3.05) is 0 Å². The number of rotatable bonds is 2. The monoisotopic (exact) mass is 380 g/mol. The molecule has 0 unspecified atom stereocenters. The molecule has 4 aliphatic rings. The first-order valence-corrected chi connectivity index (χ1v) is 11.2. The minimum atomic E-state index is -0.372. The molecule has 2 N–H and O–H groups in total. The van der Waals surface area contributed by atoms with E-state index in [0.29, 0.717) is 17.8 Å². The Morgan fingerprint density at radius 1 is 1.07 bits per heavy atom. The molecule has 3 nitrogen and oxygen atoms in total. The fourth-order valence-electron chi connectivity index (χ4n) is 7.56. The van der Waals surface area contributed by atoms with Gasteiger partial charge in [-0.25, -0.2) is 0 Å². The highest BCUT2D eigenvalue weighted by Crippen LogP contribution is 2.66. The molecule has 2 fully saturated rings. The van der Waals surface area contributed by atoms with E-state index in [-0.39, 0.29) is 23.0 Å². The average Bonchev–Trinajstić information content (AvgIpc) is 3.10. The molecule has 1 heterocycles. The van der Waals surface area contributed by atoms with Gasteiger partial charge in [-0.2, -0.15) is 4.57 Å². The van der Waals surface area contributed by atoms with E-state index in [1.54, 1.807) is 0 Å². The topological polar surface area (TPSA) is 44.3 Å². The Bertz CT molecular complexity index is 815. The highest BCUT2D eigenvalue weighted by Gasteiger charge is 2.62. The van der Waals surface area contributed by atoms with Gasteiger partial charge in [0.05, 0.1) is 17.6 Å². The standard InChI is InChI=1S/C25H34NO2/c1-3-25-12-10-19-23(20(25)7-8-22(25)26-13-5-4-6-14-26)21(28)16-17-15-18(27)9-11-24(17,19)2/h4-6,8,13-14,16,18-21,23,27-28H,3,7,9-12,15H2,1-2H3/q+1/t18-,19-,20-,21-,23+,24-,25-/m0/s1. The predicted molar refractivity (Wildman–Crippen MR) is 110 cm³/mol. The largest absolute Gasteiger partial charge is 0.393 e. The van der Waals surface area contributed by atoms with Gasteiger partial charge in [-0.1, -0.05) is 31.6 Å². The quantitative estimate of drug-likeness (QED) is 0.599. The van der Waals surface area contributed by atoms with Gasteiger partial charge in [0.1, 0.15) is 0 Å². The first-order valence-electron chi connectivity index (χ1n) is 11.2. The van der Waals surface area contributed by atoms with Crippen LogP contribution in [-0.2, 0) is 0 Å². The number of nitrogens with zero attached hydrogens (tertiary/aromatic N) is 1. The molecule has 5 rings (SSSR count). The highest BCUT2D eigenvalue weighted by atomic mass is 16.3. The Morgan fingerprint density at radius 3 is 2.61 bits per heavy atom. The molecule has 0 saturated heterocycles. The SMILES string of the molecule is CC[C@]12CC[C@H]3[C@@H]([C@@H](O)C=C4C[C@@H](O)CC[C@@]43C)[C@@H]1CC=C2[n+]1ccccc1. The number of aliphatic hydroxyl groups excluding tert-OH is 2. The second kappa shape index (κ2) is 6.53. The molecule has 1 aromatic heterocycles. The van der Waals surface area contributed by atoms with Crippen molar-refractivity contribution in [1.29, 1.82) is 0 Å². The van der Waals surface area contributed by atoms with Crippen molar-refractivity contribution < 1.29 is 14.8 Å². The average molecular weight is 381 g/mol. The molecule has 3 heteroatoms. The van der Waals surface area contributed by atoms with Crippen molar-refractivity contribution in [2.24, 2.45) is 28.6 Å². The molecule has 0 bridgehead atoms. The van der Waals surface area contributed by atoms with Gasteiger partial charge in [0, 0.05) is 12.1 Å². The molecule has 0 spiro atoms. The van der Waals surface area contributed by atoms with E-state index >= 15 is 0 Å². The minimum Gasteiger partial charge on any atom is -0.393 e. The molecule has 0 aromatic carbocycles. The van der Waals surface area contributed by atoms with Gasteiger partial charge in [-0.3, -0.25) is 0 Å². The molecule has 4 aliphatic carbocycles. The molecule has 0 radical (unpaired) electrons. The number of allylic oxidation sites excluding steroid dienone is 2. The number of hydrogen-bond donors (Lipinski definition) is 2. The van der Waals surface area contributed by atoms with Crippen LogP contribution in [0.25, 0.3) is 5.70 Å². The van der Waals surface area contributed by atoms with E-state index < -0.39 is 0 Å². The van der Waals surface area contributed by atoms with Crippen LogP contribution in [0.2, 0.25) is 0 Å². The Hall–Kier alpha value is -1.45. The van der Waals surface area contributed by atoms with Crippen molar-refractivity contribution >= 4 is 5.70 Å². The number of aromatic nitrogens is 1. The van der Waals surface area contributed by atoms with Crippen LogP contribution in [-0.4, -0.2) is 22.4 Å². The van der Waals surface area contributed by atoms with Crippen LogP contribution in [0.5, 0.6) is 0 Å². The van der Waals surface area contributed by atoms with Crippen molar-refractivity contribution in [2.45, 2.75) is 71.0 Å². The fraction of sp³-hybridized carbons (Fsp3) is 0.640. The molecular formula is C25H34NO2+. The maximum absolute atomic E-state index is 11.3. The van der Waals surface area contributed by atoms with Crippen molar-refractivity contribution in [3.8, 4) is 0 Å². The van der Waals surface area contributed by atoms with Gasteiger partial charge < -0.3 is 10.2 Å². The minimum absolute atomic E-state index is 0.158. The van der Waals surface area contributed by atoms with Gasteiger partial charge in [0.2, 0.25) is 0 Å². The van der Waals surface area contributed by atoms with E-state index in [9.17, 15) is 10.2 Å². The molecular weight excluding hydrogens is 346 g/mol. The predicted octanol–water partition coefficient (Wildman–Crippen LogP) is 4.11. The number of aliphatic hydroxyl groups is 2. The summed E-state index contributed by atoms with van der Waals surface area (Å²) >= 11 is 0. The first kappa shape index (κ1) is 18.6. The van der Waals surface area contributed by atoms with Crippen LogP contribution < -0.4 is 4.57 Å². The van der Waals surface area contributed by atoms with E-state index in [0.717, 1.165) is 32.1 Å². The van der Waals surface area contributed by atoms with Crippen molar-refractivity contribution in [1.82, 2.24) is 0 Å². The summed E-state index contributed by atoms with van der Waals surface area (Å²) in [6.45, 7) is 4.76. The number of fused-ring (bicyclic) bond motifs is 5. The first-order chi connectivity index (χ1) is 13.5. The molecule has 7 atom stereocenters. The lowest BCUT2D eigenvalue weighted by atomic mass is 9.46. The molecule has 150 valence electrons. The van der Waals surface area contributed by atoms with Crippen LogP contribution in [0.4, 0.5) is 0 Å². The summed E-state index contributed by atoms with van der Waals surface area (Å²) in [5.74, 6) is 1.37. The molecule has 0 amide bonds. The van der Waals surface area contributed by atoms with E-state index in [4.69, 9.17) is 0 Å². The van der Waals surface area contributed by atoms with Crippen LogP contribution in [0.1, 0.15) is 58.8 Å². The normalized spacial score (nSPS) is 44.8. The summed E-state index contributed by atoms with van der Waals surface area (Å²) in [5.41, 5.74) is 3.10. The summed E-state index contributed by atoms with van der Waals surface area (Å²) < 4.78 is 2.32. The molecule has 0 aliphatic heterocycles. The lowest BCUT2D eigenvalue weighted by molar-refractivity contribution is -0.590. The van der Waals surface area contributed by atoms with Crippen molar-refractivity contribution in [3.05, 3.63) is 48.3 Å². The summed E-state index contributed by atoms with van der Waals surface area (Å²) in [5, 5.41) is 21.5. The molecule has 1 aromatic rings. The van der Waals surface area contributed by atoms with Crippen LogP contribution in [0.15, 0.2) is 48.3 Å². The number of hydrogen-bond acceptors (Lipinski definition) is 2. The van der Waals surface area contributed by atoms with Crippen LogP contribution >= 0.6 is 0 Å². The Balaban J connectivity index is 1.54. The van der Waals surface area contributed by atoms with Gasteiger partial charge in [-0.15, -0.1) is 0 Å². The Morgan fingerprint density at radius 2 is 1.86 bits per heavy atom. The smallest absolute Gasteiger partial charge is 0.189 e. The van der Waals surface area contributed by atoms with E-state index in [1.165, 1.54) is 24.1 Å². The zero-order chi connectivity index (χ0) is 19.5. The van der Waals surface area contributed by atoms with Crippen LogP contribution in [0.3, 0.4) is 0 Å². The third-order valence-electron chi connectivity index (χ3n) is 9.01.